The number of hydrogen-bond donors (Lipinski definition) is 2. The van der Waals surface area contributed by atoms with E-state index in [1.165, 1.54) is 5.56 Å². The zero-order valence-electron chi connectivity index (χ0n) is 12.2. The Bertz CT molecular complexity index is 564. The molecule has 3 nitrogen and oxygen atoms in total. The van der Waals surface area contributed by atoms with Gasteiger partial charge in [0.05, 0.1) is 7.11 Å². The largest absolute Gasteiger partial charge is 0.508 e. The van der Waals surface area contributed by atoms with Crippen LogP contribution in [0.2, 0.25) is 0 Å². The highest BCUT2D eigenvalue weighted by Crippen LogP contribution is 2.22. The monoisotopic (exact) mass is 271 g/mol. The minimum atomic E-state index is 0.283. The SMILES string of the molecule is COc1ccc(CC(C)Nc2ccc(C)c(O)c2)cc1. The molecular weight excluding hydrogens is 250 g/mol. The molecular formula is C17H21NO2. The maximum atomic E-state index is 9.71. The van der Waals surface area contributed by atoms with E-state index in [1.54, 1.807) is 13.2 Å². The first-order valence-corrected chi connectivity index (χ1v) is 6.77. The van der Waals surface area contributed by atoms with Crippen LogP contribution in [0.4, 0.5) is 5.69 Å². The maximum absolute atomic E-state index is 9.71. The molecule has 0 aliphatic carbocycles. The summed E-state index contributed by atoms with van der Waals surface area (Å²) in [5.74, 6) is 1.20. The van der Waals surface area contributed by atoms with Crippen LogP contribution in [0.25, 0.3) is 0 Å². The average Bonchev–Trinajstić information content (AvgIpc) is 2.44. The van der Waals surface area contributed by atoms with E-state index in [0.29, 0.717) is 5.75 Å². The van der Waals surface area contributed by atoms with Gasteiger partial charge in [0.1, 0.15) is 11.5 Å². The lowest BCUT2D eigenvalue weighted by molar-refractivity contribution is 0.414. The molecule has 0 heterocycles. The summed E-state index contributed by atoms with van der Waals surface area (Å²) in [5.41, 5.74) is 3.08. The lowest BCUT2D eigenvalue weighted by atomic mass is 10.1. The van der Waals surface area contributed by atoms with E-state index < -0.39 is 0 Å². The van der Waals surface area contributed by atoms with Gasteiger partial charge in [-0.25, -0.2) is 0 Å². The predicted octanol–water partition coefficient (Wildman–Crippen LogP) is 3.75. The van der Waals surface area contributed by atoms with Crippen molar-refractivity contribution in [2.45, 2.75) is 26.3 Å². The first kappa shape index (κ1) is 14.3. The number of anilines is 1. The highest BCUT2D eigenvalue weighted by atomic mass is 16.5. The zero-order valence-corrected chi connectivity index (χ0v) is 12.2. The second kappa shape index (κ2) is 6.33. The van der Waals surface area contributed by atoms with Gasteiger partial charge >= 0.3 is 0 Å². The summed E-state index contributed by atoms with van der Waals surface area (Å²) in [7, 11) is 1.67. The zero-order chi connectivity index (χ0) is 14.5. The van der Waals surface area contributed by atoms with Crippen molar-refractivity contribution in [1.29, 1.82) is 0 Å². The Kier molecular flexibility index (Phi) is 4.51. The molecule has 2 N–H and O–H groups in total. The molecule has 20 heavy (non-hydrogen) atoms. The third-order valence-corrected chi connectivity index (χ3v) is 3.32. The smallest absolute Gasteiger partial charge is 0.120 e. The molecule has 0 saturated carbocycles. The van der Waals surface area contributed by atoms with E-state index in [9.17, 15) is 5.11 Å². The molecule has 1 atom stereocenters. The highest BCUT2D eigenvalue weighted by molar-refractivity contribution is 5.51. The van der Waals surface area contributed by atoms with Crippen LogP contribution < -0.4 is 10.1 Å². The molecule has 106 valence electrons. The van der Waals surface area contributed by atoms with E-state index >= 15 is 0 Å². The standard InChI is InChI=1S/C17H21NO2/c1-12-4-7-15(11-17(12)19)18-13(2)10-14-5-8-16(20-3)9-6-14/h4-9,11,13,18-19H,10H2,1-3H3. The first-order chi connectivity index (χ1) is 9.58. The summed E-state index contributed by atoms with van der Waals surface area (Å²) >= 11 is 0. The normalized spacial score (nSPS) is 11.9. The van der Waals surface area contributed by atoms with Crippen molar-refractivity contribution in [3.05, 3.63) is 53.6 Å². The highest BCUT2D eigenvalue weighted by Gasteiger charge is 2.05. The Balaban J connectivity index is 1.97. The van der Waals surface area contributed by atoms with Crippen molar-refractivity contribution in [3.63, 3.8) is 0 Å². The predicted molar refractivity (Wildman–Crippen MR) is 82.6 cm³/mol. The van der Waals surface area contributed by atoms with Gasteiger partial charge in [0.15, 0.2) is 0 Å². The van der Waals surface area contributed by atoms with Crippen LogP contribution in [-0.4, -0.2) is 18.3 Å². The Hall–Kier alpha value is -2.16. The lowest BCUT2D eigenvalue weighted by Crippen LogP contribution is -2.17. The molecule has 0 bridgehead atoms. The summed E-state index contributed by atoms with van der Waals surface area (Å²) in [6.45, 7) is 4.01. The van der Waals surface area contributed by atoms with Crippen LogP contribution in [0.1, 0.15) is 18.1 Å². The second-order valence-electron chi connectivity index (χ2n) is 5.10. The van der Waals surface area contributed by atoms with Crippen molar-refractivity contribution in [3.8, 4) is 11.5 Å². The molecule has 1 unspecified atom stereocenters. The van der Waals surface area contributed by atoms with Gasteiger partial charge in [-0.05, 0) is 49.6 Å². The molecule has 0 spiro atoms. The number of aryl methyl sites for hydroxylation is 1. The van der Waals surface area contributed by atoms with Crippen LogP contribution in [0, 0.1) is 6.92 Å². The van der Waals surface area contributed by atoms with Crippen molar-refractivity contribution in [2.24, 2.45) is 0 Å². The molecule has 0 aliphatic rings. The Morgan fingerprint density at radius 2 is 1.85 bits per heavy atom. The van der Waals surface area contributed by atoms with E-state index in [2.05, 4.69) is 24.4 Å². The van der Waals surface area contributed by atoms with E-state index in [4.69, 9.17) is 4.74 Å². The van der Waals surface area contributed by atoms with Crippen molar-refractivity contribution >= 4 is 5.69 Å². The summed E-state index contributed by atoms with van der Waals surface area (Å²) in [4.78, 5) is 0. The number of ether oxygens (including phenoxy) is 1. The minimum absolute atomic E-state index is 0.283. The van der Waals surface area contributed by atoms with Gasteiger partial charge in [0.25, 0.3) is 0 Å². The van der Waals surface area contributed by atoms with Crippen molar-refractivity contribution < 1.29 is 9.84 Å². The number of benzene rings is 2. The fourth-order valence-corrected chi connectivity index (χ4v) is 2.15. The summed E-state index contributed by atoms with van der Waals surface area (Å²) < 4.78 is 5.15. The van der Waals surface area contributed by atoms with E-state index in [-0.39, 0.29) is 6.04 Å². The quantitative estimate of drug-likeness (QED) is 0.870. The van der Waals surface area contributed by atoms with Gasteiger partial charge in [-0.3, -0.25) is 0 Å². The van der Waals surface area contributed by atoms with E-state index in [1.807, 2.05) is 31.2 Å². The van der Waals surface area contributed by atoms with Crippen LogP contribution in [0.3, 0.4) is 0 Å². The number of aromatic hydroxyl groups is 1. The number of phenolic OH excluding ortho intramolecular Hbond substituents is 1. The van der Waals surface area contributed by atoms with Gasteiger partial charge in [-0.1, -0.05) is 18.2 Å². The Morgan fingerprint density at radius 3 is 2.45 bits per heavy atom. The van der Waals surface area contributed by atoms with Crippen molar-refractivity contribution in [1.82, 2.24) is 0 Å². The topological polar surface area (TPSA) is 41.5 Å². The molecule has 0 fully saturated rings. The van der Waals surface area contributed by atoms with Gasteiger partial charge in [-0.15, -0.1) is 0 Å². The average molecular weight is 271 g/mol. The molecule has 0 aromatic heterocycles. The second-order valence-corrected chi connectivity index (χ2v) is 5.10. The third kappa shape index (κ3) is 3.67. The van der Waals surface area contributed by atoms with Gasteiger partial charge in [0.2, 0.25) is 0 Å². The summed E-state index contributed by atoms with van der Waals surface area (Å²) in [5, 5.41) is 13.1. The van der Waals surface area contributed by atoms with Gasteiger partial charge in [0, 0.05) is 17.8 Å². The number of methoxy groups -OCH3 is 1. The molecule has 0 radical (unpaired) electrons. The maximum Gasteiger partial charge on any atom is 0.120 e. The van der Waals surface area contributed by atoms with E-state index in [0.717, 1.165) is 23.4 Å². The van der Waals surface area contributed by atoms with Crippen LogP contribution in [0.15, 0.2) is 42.5 Å². The van der Waals surface area contributed by atoms with Gasteiger partial charge in [-0.2, -0.15) is 0 Å². The molecule has 3 heteroatoms. The number of nitrogens with one attached hydrogen (secondary N) is 1. The fraction of sp³-hybridized carbons (Fsp3) is 0.294. The molecule has 0 saturated heterocycles. The fourth-order valence-electron chi connectivity index (χ4n) is 2.15. The van der Waals surface area contributed by atoms with Crippen LogP contribution in [-0.2, 0) is 6.42 Å². The molecule has 0 amide bonds. The molecule has 2 rings (SSSR count). The Morgan fingerprint density at radius 1 is 1.15 bits per heavy atom. The molecule has 2 aromatic carbocycles. The summed E-state index contributed by atoms with van der Waals surface area (Å²) in [6.07, 6.45) is 0.915. The Labute approximate surface area is 120 Å². The van der Waals surface area contributed by atoms with Crippen LogP contribution >= 0.6 is 0 Å². The number of rotatable bonds is 5. The number of phenols is 1. The first-order valence-electron chi connectivity index (χ1n) is 6.77. The van der Waals surface area contributed by atoms with Crippen molar-refractivity contribution in [2.75, 3.05) is 12.4 Å². The minimum Gasteiger partial charge on any atom is -0.508 e. The third-order valence-electron chi connectivity index (χ3n) is 3.32. The van der Waals surface area contributed by atoms with Gasteiger partial charge < -0.3 is 15.2 Å². The molecule has 0 aliphatic heterocycles. The molecule has 2 aromatic rings. The lowest BCUT2D eigenvalue weighted by Gasteiger charge is -2.16. The van der Waals surface area contributed by atoms with Crippen LogP contribution in [0.5, 0.6) is 11.5 Å². The number of hydrogen-bond acceptors (Lipinski definition) is 3. The summed E-state index contributed by atoms with van der Waals surface area (Å²) in [6, 6.07) is 14.0.